The fraction of sp³-hybridized carbons (Fsp3) is 0.500. The molecule has 0 spiro atoms. The smallest absolute Gasteiger partial charge is 0.173 e. The average Bonchev–Trinajstić information content (AvgIpc) is 3.39. The first-order valence-electron chi connectivity index (χ1n) is 12.3. The maximum atomic E-state index is 5.82. The summed E-state index contributed by atoms with van der Waals surface area (Å²) < 4.78 is 13.5. The number of para-hydroxylation sites is 1. The van der Waals surface area contributed by atoms with E-state index >= 15 is 0 Å². The quantitative estimate of drug-likeness (QED) is 0.523. The summed E-state index contributed by atoms with van der Waals surface area (Å²) in [7, 11) is 3.42. The fourth-order valence-corrected chi connectivity index (χ4v) is 5.40. The molecule has 2 aromatic carbocycles. The van der Waals surface area contributed by atoms with E-state index in [0.717, 1.165) is 61.9 Å². The first-order chi connectivity index (χ1) is 16.8. The van der Waals surface area contributed by atoms with E-state index in [4.69, 9.17) is 9.47 Å². The summed E-state index contributed by atoms with van der Waals surface area (Å²) in [6, 6.07) is 16.9. The summed E-state index contributed by atoms with van der Waals surface area (Å²) in [6.45, 7) is 3.69. The third-order valence-electron chi connectivity index (χ3n) is 7.22. The van der Waals surface area contributed by atoms with Gasteiger partial charge in [-0.1, -0.05) is 37.5 Å². The molecule has 1 saturated heterocycles. The van der Waals surface area contributed by atoms with Crippen molar-refractivity contribution in [3.63, 3.8) is 0 Å². The molecule has 1 aliphatic heterocycles. The van der Waals surface area contributed by atoms with Gasteiger partial charge in [-0.05, 0) is 53.6 Å². The van der Waals surface area contributed by atoms with E-state index < -0.39 is 0 Å². The molecule has 8 heteroatoms. The lowest BCUT2D eigenvalue weighted by Gasteiger charge is -2.40. The number of anilines is 1. The van der Waals surface area contributed by atoms with Crippen molar-refractivity contribution < 1.29 is 9.47 Å². The van der Waals surface area contributed by atoms with Crippen molar-refractivity contribution in [3.05, 3.63) is 59.9 Å². The molecule has 1 aromatic heterocycles. The minimum Gasteiger partial charge on any atom is -0.497 e. The van der Waals surface area contributed by atoms with Crippen LogP contribution in [-0.4, -0.2) is 65.5 Å². The number of hydrogen-bond acceptors (Lipinski definition) is 7. The molecule has 2 heterocycles. The molecule has 1 atom stereocenters. The minimum absolute atomic E-state index is 0.111. The molecule has 1 aliphatic carbocycles. The summed E-state index contributed by atoms with van der Waals surface area (Å²) in [6.07, 6.45) is 6.01. The van der Waals surface area contributed by atoms with Gasteiger partial charge >= 0.3 is 0 Å². The van der Waals surface area contributed by atoms with Crippen molar-refractivity contribution in [2.45, 2.75) is 44.2 Å². The number of methoxy groups -OCH3 is 2. The SMILES string of the molecule is COc1ccc(OC)c(C(c2nnnn2C2CCCCC2)N2CCN(c3ccccc3)CC2)c1. The molecule has 1 saturated carbocycles. The minimum atomic E-state index is -0.111. The number of nitrogens with zero attached hydrogens (tertiary/aromatic N) is 6. The summed E-state index contributed by atoms with van der Waals surface area (Å²) in [5.74, 6) is 2.53. The summed E-state index contributed by atoms with van der Waals surface area (Å²) in [5.41, 5.74) is 2.31. The van der Waals surface area contributed by atoms with Crippen LogP contribution in [0.1, 0.15) is 55.6 Å². The van der Waals surface area contributed by atoms with Crippen LogP contribution in [0.5, 0.6) is 11.5 Å². The number of ether oxygens (including phenoxy) is 2. The Morgan fingerprint density at radius 1 is 0.882 bits per heavy atom. The van der Waals surface area contributed by atoms with Gasteiger partial charge < -0.3 is 14.4 Å². The van der Waals surface area contributed by atoms with Crippen molar-refractivity contribution in [1.29, 1.82) is 0 Å². The molecule has 8 nitrogen and oxygen atoms in total. The van der Waals surface area contributed by atoms with Gasteiger partial charge in [0.05, 0.1) is 20.3 Å². The Hall–Kier alpha value is -3.13. The van der Waals surface area contributed by atoms with Crippen molar-refractivity contribution >= 4 is 5.69 Å². The molecule has 180 valence electrons. The van der Waals surface area contributed by atoms with E-state index in [1.165, 1.54) is 24.9 Å². The molecule has 5 rings (SSSR count). The Kier molecular flexibility index (Phi) is 6.94. The molecule has 0 radical (unpaired) electrons. The highest BCUT2D eigenvalue weighted by atomic mass is 16.5. The lowest BCUT2D eigenvalue weighted by atomic mass is 9.94. The highest BCUT2D eigenvalue weighted by Gasteiger charge is 2.34. The topological polar surface area (TPSA) is 68.5 Å². The number of hydrogen-bond donors (Lipinski definition) is 0. The van der Waals surface area contributed by atoms with Gasteiger partial charge in [0.1, 0.15) is 17.5 Å². The second-order valence-corrected chi connectivity index (χ2v) is 9.14. The Balaban J connectivity index is 1.50. The molecule has 0 N–H and O–H groups in total. The number of piperazine rings is 1. The van der Waals surface area contributed by atoms with Gasteiger partial charge in [-0.25, -0.2) is 4.68 Å². The first kappa shape index (κ1) is 22.7. The molecular formula is C26H34N6O2. The van der Waals surface area contributed by atoms with Crippen LogP contribution in [0, 0.1) is 0 Å². The molecule has 0 bridgehead atoms. The zero-order valence-corrected chi connectivity index (χ0v) is 20.1. The zero-order valence-electron chi connectivity index (χ0n) is 20.1. The number of tetrazole rings is 1. The highest BCUT2D eigenvalue weighted by molar-refractivity contribution is 5.47. The monoisotopic (exact) mass is 462 g/mol. The van der Waals surface area contributed by atoms with Crippen molar-refractivity contribution in [3.8, 4) is 11.5 Å². The lowest BCUT2D eigenvalue weighted by Crippen LogP contribution is -2.48. The van der Waals surface area contributed by atoms with Crippen molar-refractivity contribution in [2.75, 3.05) is 45.3 Å². The van der Waals surface area contributed by atoms with Crippen LogP contribution in [0.2, 0.25) is 0 Å². The standard InChI is InChI=1S/C26H34N6O2/c1-33-22-13-14-24(34-2)23(19-22)25(26-27-28-29-32(26)21-11-7-4-8-12-21)31-17-15-30(16-18-31)20-9-5-3-6-10-20/h3,5-6,9-10,13-14,19,21,25H,4,7-8,11-12,15-18H2,1-2H3. The lowest BCUT2D eigenvalue weighted by molar-refractivity contribution is 0.190. The number of benzene rings is 2. The van der Waals surface area contributed by atoms with Crippen LogP contribution in [-0.2, 0) is 0 Å². The van der Waals surface area contributed by atoms with E-state index in [-0.39, 0.29) is 6.04 Å². The van der Waals surface area contributed by atoms with Gasteiger partial charge in [0.15, 0.2) is 5.82 Å². The molecule has 2 fully saturated rings. The normalized spacial score (nSPS) is 18.6. The third-order valence-corrected chi connectivity index (χ3v) is 7.22. The highest BCUT2D eigenvalue weighted by Crippen LogP contribution is 2.39. The van der Waals surface area contributed by atoms with Crippen LogP contribution in [0.25, 0.3) is 0 Å². The van der Waals surface area contributed by atoms with E-state index in [0.29, 0.717) is 6.04 Å². The summed E-state index contributed by atoms with van der Waals surface area (Å²) >= 11 is 0. The second kappa shape index (κ2) is 10.4. The largest absolute Gasteiger partial charge is 0.497 e. The van der Waals surface area contributed by atoms with Crippen LogP contribution in [0.3, 0.4) is 0 Å². The summed E-state index contributed by atoms with van der Waals surface area (Å²) in [5, 5.41) is 13.2. The predicted molar refractivity (Wildman–Crippen MR) is 132 cm³/mol. The molecule has 34 heavy (non-hydrogen) atoms. The molecule has 1 unspecified atom stereocenters. The van der Waals surface area contributed by atoms with E-state index in [9.17, 15) is 0 Å². The second-order valence-electron chi connectivity index (χ2n) is 9.14. The molecule has 3 aromatic rings. The van der Waals surface area contributed by atoms with Crippen molar-refractivity contribution in [2.24, 2.45) is 0 Å². The van der Waals surface area contributed by atoms with Gasteiger partial charge in [0, 0.05) is 37.4 Å². The number of aromatic nitrogens is 4. The summed E-state index contributed by atoms with van der Waals surface area (Å²) in [4.78, 5) is 4.93. The molecular weight excluding hydrogens is 428 g/mol. The molecule has 0 amide bonds. The van der Waals surface area contributed by atoms with E-state index in [1.54, 1.807) is 14.2 Å². The molecule has 2 aliphatic rings. The fourth-order valence-electron chi connectivity index (χ4n) is 5.40. The predicted octanol–water partition coefficient (Wildman–Crippen LogP) is 4.11. The average molecular weight is 463 g/mol. The maximum Gasteiger partial charge on any atom is 0.173 e. The number of rotatable bonds is 7. The Bertz CT molecular complexity index is 1060. The van der Waals surface area contributed by atoms with Gasteiger partial charge in [-0.15, -0.1) is 5.10 Å². The van der Waals surface area contributed by atoms with Gasteiger partial charge in [-0.3, -0.25) is 4.90 Å². The Labute approximate surface area is 201 Å². The zero-order chi connectivity index (χ0) is 23.3. The van der Waals surface area contributed by atoms with Crippen LogP contribution in [0.15, 0.2) is 48.5 Å². The Morgan fingerprint density at radius 3 is 2.35 bits per heavy atom. The van der Waals surface area contributed by atoms with E-state index in [1.807, 2.05) is 12.1 Å². The van der Waals surface area contributed by atoms with Gasteiger partial charge in [0.2, 0.25) is 0 Å². The maximum absolute atomic E-state index is 5.82. The van der Waals surface area contributed by atoms with Gasteiger partial charge in [0.25, 0.3) is 0 Å². The van der Waals surface area contributed by atoms with Crippen LogP contribution < -0.4 is 14.4 Å². The van der Waals surface area contributed by atoms with Crippen LogP contribution >= 0.6 is 0 Å². The van der Waals surface area contributed by atoms with Crippen LogP contribution in [0.4, 0.5) is 5.69 Å². The first-order valence-corrected chi connectivity index (χ1v) is 12.3. The van der Waals surface area contributed by atoms with Crippen molar-refractivity contribution in [1.82, 2.24) is 25.1 Å². The van der Waals surface area contributed by atoms with E-state index in [2.05, 4.69) is 66.4 Å². The third kappa shape index (κ3) is 4.59. The Morgan fingerprint density at radius 2 is 1.65 bits per heavy atom. The van der Waals surface area contributed by atoms with Gasteiger partial charge in [-0.2, -0.15) is 0 Å².